The average molecular weight is 288 g/mol. The summed E-state index contributed by atoms with van der Waals surface area (Å²) in [5.74, 6) is -1.39. The molecule has 7 heteroatoms. The number of anilines is 1. The molecule has 0 bridgehead atoms. The van der Waals surface area contributed by atoms with Crippen molar-refractivity contribution in [1.29, 1.82) is 0 Å². The largest absolute Gasteiger partial charge is 0.416 e. The number of hydrogen-bond acceptors (Lipinski definition) is 2. The van der Waals surface area contributed by atoms with Crippen LogP contribution in [0.3, 0.4) is 0 Å². The van der Waals surface area contributed by atoms with Crippen molar-refractivity contribution in [2.75, 3.05) is 5.32 Å². The van der Waals surface area contributed by atoms with Gasteiger partial charge in [-0.2, -0.15) is 13.2 Å². The van der Waals surface area contributed by atoms with Crippen LogP contribution >= 0.6 is 0 Å². The molecular formula is C13H9F5N2. The molecule has 1 aromatic heterocycles. The monoisotopic (exact) mass is 288 g/mol. The lowest BCUT2D eigenvalue weighted by atomic mass is 10.1. The molecule has 0 atom stereocenters. The number of aromatic nitrogens is 1. The Morgan fingerprint density at radius 1 is 1.05 bits per heavy atom. The summed E-state index contributed by atoms with van der Waals surface area (Å²) < 4.78 is 63.8. The maximum Gasteiger partial charge on any atom is 0.416 e. The molecule has 0 unspecified atom stereocenters. The summed E-state index contributed by atoms with van der Waals surface area (Å²) in [4.78, 5) is 3.59. The van der Waals surface area contributed by atoms with E-state index in [1.807, 2.05) is 0 Å². The van der Waals surface area contributed by atoms with Gasteiger partial charge in [-0.25, -0.2) is 8.78 Å². The molecule has 0 saturated carbocycles. The minimum Gasteiger partial charge on any atom is -0.379 e. The van der Waals surface area contributed by atoms with Crippen LogP contribution < -0.4 is 5.32 Å². The zero-order valence-corrected chi connectivity index (χ0v) is 10.0. The minimum absolute atomic E-state index is 0.0387. The minimum atomic E-state index is -4.55. The van der Waals surface area contributed by atoms with Gasteiger partial charge in [0.25, 0.3) is 0 Å². The fourth-order valence-electron chi connectivity index (χ4n) is 1.59. The number of rotatable bonds is 3. The second kappa shape index (κ2) is 5.44. The second-order valence-corrected chi connectivity index (χ2v) is 4.06. The molecule has 20 heavy (non-hydrogen) atoms. The molecule has 2 rings (SSSR count). The van der Waals surface area contributed by atoms with Crippen LogP contribution in [0, 0.1) is 11.6 Å². The molecular weight excluding hydrogens is 279 g/mol. The summed E-state index contributed by atoms with van der Waals surface area (Å²) in [6.45, 7) is -0.0387. The topological polar surface area (TPSA) is 24.9 Å². The van der Waals surface area contributed by atoms with Crippen molar-refractivity contribution in [3.63, 3.8) is 0 Å². The summed E-state index contributed by atoms with van der Waals surface area (Å²) in [6, 6.07) is 3.22. The number of nitrogens with one attached hydrogen (secondary N) is 1. The molecule has 1 heterocycles. The number of pyridine rings is 1. The Labute approximate surface area is 111 Å². The van der Waals surface area contributed by atoms with Crippen LogP contribution in [0.1, 0.15) is 11.1 Å². The third-order valence-corrected chi connectivity index (χ3v) is 2.54. The van der Waals surface area contributed by atoms with Gasteiger partial charge in [0.05, 0.1) is 17.4 Å². The highest BCUT2D eigenvalue weighted by Crippen LogP contribution is 2.31. The van der Waals surface area contributed by atoms with E-state index in [1.165, 1.54) is 6.20 Å². The predicted molar refractivity (Wildman–Crippen MR) is 62.9 cm³/mol. The first kappa shape index (κ1) is 14.2. The zero-order chi connectivity index (χ0) is 14.8. The fourth-order valence-corrected chi connectivity index (χ4v) is 1.59. The summed E-state index contributed by atoms with van der Waals surface area (Å²) in [7, 11) is 0. The van der Waals surface area contributed by atoms with Crippen LogP contribution in [0.15, 0.2) is 36.7 Å². The molecule has 1 aromatic carbocycles. The van der Waals surface area contributed by atoms with Crippen molar-refractivity contribution >= 4 is 5.69 Å². The van der Waals surface area contributed by atoms with Crippen molar-refractivity contribution in [3.8, 4) is 0 Å². The van der Waals surface area contributed by atoms with E-state index >= 15 is 0 Å². The highest BCUT2D eigenvalue weighted by atomic mass is 19.4. The number of halogens is 5. The van der Waals surface area contributed by atoms with Gasteiger partial charge in [-0.1, -0.05) is 0 Å². The molecule has 0 spiro atoms. The molecule has 0 amide bonds. The van der Waals surface area contributed by atoms with E-state index < -0.39 is 23.4 Å². The standard InChI is InChI=1S/C13H9F5N2/c14-10-3-8(5-19-7-10)6-20-12-4-9(13(16,17)18)1-2-11(12)15/h1-5,7,20H,6H2. The van der Waals surface area contributed by atoms with Crippen LogP contribution in [0.5, 0.6) is 0 Å². The molecule has 2 nitrogen and oxygen atoms in total. The number of nitrogens with zero attached hydrogens (tertiary/aromatic N) is 1. The molecule has 106 valence electrons. The maximum atomic E-state index is 13.4. The van der Waals surface area contributed by atoms with E-state index in [1.54, 1.807) is 0 Å². The molecule has 0 fully saturated rings. The molecule has 0 aliphatic heterocycles. The van der Waals surface area contributed by atoms with Crippen molar-refractivity contribution in [3.05, 3.63) is 59.4 Å². The molecule has 0 saturated heterocycles. The highest BCUT2D eigenvalue weighted by Gasteiger charge is 2.31. The van der Waals surface area contributed by atoms with Crippen molar-refractivity contribution in [1.82, 2.24) is 4.98 Å². The molecule has 0 radical (unpaired) electrons. The lowest BCUT2D eigenvalue weighted by molar-refractivity contribution is -0.137. The van der Waals surface area contributed by atoms with Crippen molar-refractivity contribution in [2.24, 2.45) is 0 Å². The Kier molecular flexibility index (Phi) is 3.87. The van der Waals surface area contributed by atoms with Gasteiger partial charge in [0.1, 0.15) is 11.6 Å². The van der Waals surface area contributed by atoms with Gasteiger partial charge in [0, 0.05) is 12.7 Å². The van der Waals surface area contributed by atoms with E-state index in [2.05, 4.69) is 10.3 Å². The summed E-state index contributed by atoms with van der Waals surface area (Å²) >= 11 is 0. The number of alkyl halides is 3. The van der Waals surface area contributed by atoms with E-state index in [0.717, 1.165) is 18.3 Å². The van der Waals surface area contributed by atoms with Gasteiger partial charge < -0.3 is 5.32 Å². The maximum absolute atomic E-state index is 13.4. The van der Waals surface area contributed by atoms with Gasteiger partial charge in [-0.05, 0) is 29.8 Å². The quantitative estimate of drug-likeness (QED) is 0.864. The lowest BCUT2D eigenvalue weighted by Gasteiger charge is -2.11. The SMILES string of the molecule is Fc1cncc(CNc2cc(C(F)(F)F)ccc2F)c1. The Morgan fingerprint density at radius 3 is 2.45 bits per heavy atom. The third kappa shape index (κ3) is 3.43. The normalized spacial score (nSPS) is 11.4. The fraction of sp³-hybridized carbons (Fsp3) is 0.154. The highest BCUT2D eigenvalue weighted by molar-refractivity contribution is 5.48. The van der Waals surface area contributed by atoms with Crippen LogP contribution in [0.2, 0.25) is 0 Å². The molecule has 2 aromatic rings. The van der Waals surface area contributed by atoms with Crippen LogP contribution in [-0.4, -0.2) is 4.98 Å². The van der Waals surface area contributed by atoms with Gasteiger partial charge in [-0.15, -0.1) is 0 Å². The second-order valence-electron chi connectivity index (χ2n) is 4.06. The Bertz CT molecular complexity index is 610. The Hall–Kier alpha value is -2.18. The smallest absolute Gasteiger partial charge is 0.379 e. The van der Waals surface area contributed by atoms with E-state index in [0.29, 0.717) is 17.7 Å². The first-order chi connectivity index (χ1) is 9.36. The van der Waals surface area contributed by atoms with Crippen molar-refractivity contribution in [2.45, 2.75) is 12.7 Å². The average Bonchev–Trinajstić information content (AvgIpc) is 2.36. The summed E-state index contributed by atoms with van der Waals surface area (Å²) in [5.41, 5.74) is -0.871. The number of hydrogen-bond donors (Lipinski definition) is 1. The van der Waals surface area contributed by atoms with Gasteiger partial charge >= 0.3 is 6.18 Å². The first-order valence-electron chi connectivity index (χ1n) is 5.56. The summed E-state index contributed by atoms with van der Waals surface area (Å²) in [5, 5.41) is 2.49. The number of benzene rings is 1. The molecule has 1 N–H and O–H groups in total. The van der Waals surface area contributed by atoms with Crippen LogP contribution in [0.4, 0.5) is 27.6 Å². The Balaban J connectivity index is 2.17. The molecule has 0 aliphatic carbocycles. The van der Waals surface area contributed by atoms with Gasteiger partial charge in [-0.3, -0.25) is 4.98 Å². The van der Waals surface area contributed by atoms with Crippen molar-refractivity contribution < 1.29 is 22.0 Å². The molecule has 0 aliphatic rings. The first-order valence-corrected chi connectivity index (χ1v) is 5.56. The van der Waals surface area contributed by atoms with Gasteiger partial charge in [0.15, 0.2) is 0 Å². The van der Waals surface area contributed by atoms with E-state index in [4.69, 9.17) is 0 Å². The predicted octanol–water partition coefficient (Wildman–Crippen LogP) is 3.99. The van der Waals surface area contributed by atoms with E-state index in [-0.39, 0.29) is 12.2 Å². The zero-order valence-electron chi connectivity index (χ0n) is 10.0. The third-order valence-electron chi connectivity index (χ3n) is 2.54. The Morgan fingerprint density at radius 2 is 1.80 bits per heavy atom. The van der Waals surface area contributed by atoms with Crippen LogP contribution in [0.25, 0.3) is 0 Å². The summed E-state index contributed by atoms with van der Waals surface area (Å²) in [6.07, 6.45) is -2.22. The van der Waals surface area contributed by atoms with Gasteiger partial charge in [0.2, 0.25) is 0 Å². The van der Waals surface area contributed by atoms with Crippen LogP contribution in [-0.2, 0) is 12.7 Å². The lowest BCUT2D eigenvalue weighted by Crippen LogP contribution is -2.08. The van der Waals surface area contributed by atoms with E-state index in [9.17, 15) is 22.0 Å².